The topological polar surface area (TPSA) is 95.7 Å². The van der Waals surface area contributed by atoms with E-state index in [1.807, 2.05) is 58.9 Å². The predicted octanol–water partition coefficient (Wildman–Crippen LogP) is 5.14. The molecular formula is C19H24N6O. The van der Waals surface area contributed by atoms with Crippen LogP contribution in [-0.2, 0) is 0 Å². The van der Waals surface area contributed by atoms with Gasteiger partial charge in [0.2, 0.25) is 5.95 Å². The predicted molar refractivity (Wildman–Crippen MR) is 105 cm³/mol. The SMILES string of the molecule is CC.CN=Nc1c(C)cc2cccc(Nc3nc(C)nc(C)n3)c2c1O. The van der Waals surface area contributed by atoms with Crippen LogP contribution in [0.15, 0.2) is 34.5 Å². The van der Waals surface area contributed by atoms with E-state index in [1.54, 1.807) is 7.05 Å². The van der Waals surface area contributed by atoms with Crippen molar-refractivity contribution in [3.05, 3.63) is 41.5 Å². The lowest BCUT2D eigenvalue weighted by atomic mass is 10.0. The summed E-state index contributed by atoms with van der Waals surface area (Å²) in [7, 11) is 1.57. The average Bonchev–Trinajstić information content (AvgIpc) is 2.59. The number of nitrogens with one attached hydrogen (secondary N) is 1. The second kappa shape index (κ2) is 8.33. The smallest absolute Gasteiger partial charge is 0.230 e. The van der Waals surface area contributed by atoms with Gasteiger partial charge in [-0.3, -0.25) is 0 Å². The highest BCUT2D eigenvalue weighted by atomic mass is 16.3. The van der Waals surface area contributed by atoms with Crippen molar-refractivity contribution in [2.75, 3.05) is 12.4 Å². The van der Waals surface area contributed by atoms with Gasteiger partial charge in [-0.15, -0.1) is 0 Å². The summed E-state index contributed by atoms with van der Waals surface area (Å²) in [6, 6.07) is 7.67. The molecule has 0 saturated carbocycles. The van der Waals surface area contributed by atoms with Gasteiger partial charge in [0.15, 0.2) is 5.75 Å². The molecule has 1 aromatic heterocycles. The van der Waals surface area contributed by atoms with Gasteiger partial charge >= 0.3 is 0 Å². The molecule has 3 rings (SSSR count). The number of rotatable bonds is 3. The molecule has 0 radical (unpaired) electrons. The van der Waals surface area contributed by atoms with Crippen LogP contribution in [0, 0.1) is 20.8 Å². The molecule has 7 heteroatoms. The molecule has 3 aromatic rings. The summed E-state index contributed by atoms with van der Waals surface area (Å²) in [5.41, 5.74) is 2.01. The number of aryl methyl sites for hydroxylation is 3. The summed E-state index contributed by atoms with van der Waals surface area (Å²) >= 11 is 0. The van der Waals surface area contributed by atoms with E-state index in [0.29, 0.717) is 34.4 Å². The lowest BCUT2D eigenvalue weighted by Crippen LogP contribution is -2.03. The molecule has 0 unspecified atom stereocenters. The minimum absolute atomic E-state index is 0.0844. The average molecular weight is 352 g/mol. The highest BCUT2D eigenvalue weighted by Crippen LogP contribution is 2.42. The van der Waals surface area contributed by atoms with Crippen molar-refractivity contribution in [1.29, 1.82) is 0 Å². The first-order chi connectivity index (χ1) is 12.5. The molecule has 26 heavy (non-hydrogen) atoms. The van der Waals surface area contributed by atoms with Gasteiger partial charge in [0.05, 0.1) is 5.69 Å². The maximum atomic E-state index is 10.7. The van der Waals surface area contributed by atoms with Gasteiger partial charge in [0.25, 0.3) is 0 Å². The first kappa shape index (κ1) is 19.2. The summed E-state index contributed by atoms with van der Waals surface area (Å²) in [5.74, 6) is 1.78. The monoisotopic (exact) mass is 352 g/mol. The third-order valence-corrected chi connectivity index (χ3v) is 3.61. The Kier molecular flexibility index (Phi) is 6.16. The number of hydrogen-bond acceptors (Lipinski definition) is 7. The molecule has 2 aromatic carbocycles. The standard InChI is InChI=1S/C17H18N6O.C2H6/c1-9-8-12-6-5-7-13(14(12)16(24)15(9)23-18-4)22-17-20-10(2)19-11(3)21-17;1-2/h5-8,24H,1-4H3,(H,19,20,21,22);1-2H3. The van der Waals surface area contributed by atoms with Gasteiger partial charge in [-0.2, -0.15) is 20.2 Å². The van der Waals surface area contributed by atoms with Crippen LogP contribution in [0.4, 0.5) is 17.3 Å². The molecular weight excluding hydrogens is 328 g/mol. The van der Waals surface area contributed by atoms with Crippen molar-refractivity contribution in [3.8, 4) is 5.75 Å². The Morgan fingerprint density at radius 3 is 2.27 bits per heavy atom. The normalized spacial score (nSPS) is 10.7. The lowest BCUT2D eigenvalue weighted by Gasteiger charge is -2.13. The van der Waals surface area contributed by atoms with Crippen molar-refractivity contribution >= 4 is 28.1 Å². The van der Waals surface area contributed by atoms with E-state index < -0.39 is 0 Å². The Hall–Kier alpha value is -3.09. The van der Waals surface area contributed by atoms with E-state index >= 15 is 0 Å². The summed E-state index contributed by atoms with van der Waals surface area (Å²) < 4.78 is 0. The fraction of sp³-hybridized carbons (Fsp3) is 0.316. The number of benzene rings is 2. The number of azo groups is 1. The molecule has 2 N–H and O–H groups in total. The van der Waals surface area contributed by atoms with Gasteiger partial charge in [0, 0.05) is 12.4 Å². The zero-order chi connectivity index (χ0) is 19.3. The van der Waals surface area contributed by atoms with E-state index in [1.165, 1.54) is 0 Å². The number of anilines is 2. The molecule has 0 spiro atoms. The first-order valence-corrected chi connectivity index (χ1v) is 8.51. The summed E-state index contributed by atoms with van der Waals surface area (Å²) in [6.07, 6.45) is 0. The Bertz CT molecular complexity index is 932. The maximum Gasteiger partial charge on any atom is 0.230 e. The number of phenolic OH excluding ortho intramolecular Hbond substituents is 1. The van der Waals surface area contributed by atoms with Crippen molar-refractivity contribution in [2.45, 2.75) is 34.6 Å². The lowest BCUT2D eigenvalue weighted by molar-refractivity contribution is 0.482. The molecule has 0 aliphatic heterocycles. The van der Waals surface area contributed by atoms with Gasteiger partial charge in [0.1, 0.15) is 17.3 Å². The van der Waals surface area contributed by atoms with Crippen molar-refractivity contribution in [1.82, 2.24) is 15.0 Å². The number of aromatic hydroxyl groups is 1. The van der Waals surface area contributed by atoms with E-state index in [2.05, 4.69) is 30.5 Å². The third-order valence-electron chi connectivity index (χ3n) is 3.61. The fourth-order valence-electron chi connectivity index (χ4n) is 2.68. The van der Waals surface area contributed by atoms with E-state index in [0.717, 1.165) is 10.9 Å². The zero-order valence-corrected chi connectivity index (χ0v) is 16.0. The number of fused-ring (bicyclic) bond motifs is 1. The van der Waals surface area contributed by atoms with Crippen molar-refractivity contribution in [3.63, 3.8) is 0 Å². The highest BCUT2D eigenvalue weighted by molar-refractivity contribution is 6.03. The molecule has 1 heterocycles. The second-order valence-electron chi connectivity index (χ2n) is 5.47. The third kappa shape index (κ3) is 3.93. The van der Waals surface area contributed by atoms with Gasteiger partial charge < -0.3 is 10.4 Å². The minimum atomic E-state index is 0.0844. The minimum Gasteiger partial charge on any atom is -0.505 e. The molecule has 0 fully saturated rings. The van der Waals surface area contributed by atoms with Crippen LogP contribution in [0.5, 0.6) is 5.75 Å². The summed E-state index contributed by atoms with van der Waals surface area (Å²) in [5, 5.41) is 23.2. The van der Waals surface area contributed by atoms with Crippen LogP contribution in [0.25, 0.3) is 10.8 Å². The summed E-state index contributed by atoms with van der Waals surface area (Å²) in [6.45, 7) is 9.51. The van der Waals surface area contributed by atoms with E-state index in [9.17, 15) is 5.11 Å². The number of phenols is 1. The van der Waals surface area contributed by atoms with Gasteiger partial charge in [-0.05, 0) is 43.9 Å². The fourth-order valence-corrected chi connectivity index (χ4v) is 2.68. The van der Waals surface area contributed by atoms with Crippen LogP contribution in [-0.4, -0.2) is 27.1 Å². The molecule has 0 aliphatic rings. The number of nitrogens with zero attached hydrogens (tertiary/aromatic N) is 5. The Balaban J connectivity index is 0.00000117. The van der Waals surface area contributed by atoms with Crippen molar-refractivity contribution in [2.24, 2.45) is 10.2 Å². The molecule has 0 bridgehead atoms. The van der Waals surface area contributed by atoms with E-state index in [4.69, 9.17) is 0 Å². The molecule has 0 atom stereocenters. The molecule has 0 aliphatic carbocycles. The molecule has 136 valence electrons. The Morgan fingerprint density at radius 1 is 1.00 bits per heavy atom. The number of hydrogen-bond donors (Lipinski definition) is 2. The van der Waals surface area contributed by atoms with Gasteiger partial charge in [-0.25, -0.2) is 4.98 Å². The Labute approximate surface area is 153 Å². The Morgan fingerprint density at radius 2 is 1.65 bits per heavy atom. The van der Waals surface area contributed by atoms with Gasteiger partial charge in [-0.1, -0.05) is 26.0 Å². The molecule has 0 amide bonds. The van der Waals surface area contributed by atoms with Crippen LogP contribution in [0.2, 0.25) is 0 Å². The zero-order valence-electron chi connectivity index (χ0n) is 16.0. The number of aromatic nitrogens is 3. The van der Waals surface area contributed by atoms with Crippen LogP contribution < -0.4 is 5.32 Å². The summed E-state index contributed by atoms with van der Waals surface area (Å²) in [4.78, 5) is 12.7. The van der Waals surface area contributed by atoms with E-state index in [-0.39, 0.29) is 5.75 Å². The van der Waals surface area contributed by atoms with Crippen molar-refractivity contribution < 1.29 is 5.11 Å². The first-order valence-electron chi connectivity index (χ1n) is 8.51. The highest BCUT2D eigenvalue weighted by Gasteiger charge is 2.14. The van der Waals surface area contributed by atoms with Crippen LogP contribution >= 0.6 is 0 Å². The molecule has 0 saturated heterocycles. The second-order valence-corrected chi connectivity index (χ2v) is 5.47. The molecule has 7 nitrogen and oxygen atoms in total. The maximum absolute atomic E-state index is 10.7. The quantitative estimate of drug-likeness (QED) is 0.636. The largest absolute Gasteiger partial charge is 0.505 e. The van der Waals surface area contributed by atoms with Crippen LogP contribution in [0.3, 0.4) is 0 Å². The van der Waals surface area contributed by atoms with Crippen LogP contribution in [0.1, 0.15) is 31.1 Å².